The topological polar surface area (TPSA) is 53.0 Å². The average Bonchev–Trinajstić information content (AvgIpc) is 2.45. The highest BCUT2D eigenvalue weighted by Crippen LogP contribution is 2.34. The summed E-state index contributed by atoms with van der Waals surface area (Å²) in [6.07, 6.45) is -1.51. The van der Waals surface area contributed by atoms with Crippen LogP contribution in [0.5, 0.6) is 0 Å². The first-order valence-corrected chi connectivity index (χ1v) is 6.55. The predicted octanol–water partition coefficient (Wildman–Crippen LogP) is 2.89. The third kappa shape index (κ3) is 2.88. The lowest BCUT2D eigenvalue weighted by atomic mass is 9.99. The van der Waals surface area contributed by atoms with Crippen LogP contribution >= 0.6 is 0 Å². The van der Waals surface area contributed by atoms with Crippen molar-refractivity contribution in [3.05, 3.63) is 29.3 Å². The van der Waals surface area contributed by atoms with E-state index in [4.69, 9.17) is 11.0 Å². The first-order chi connectivity index (χ1) is 9.47. The first kappa shape index (κ1) is 14.7. The molecule has 1 unspecified atom stereocenters. The molecule has 1 saturated heterocycles. The van der Waals surface area contributed by atoms with Crippen LogP contribution in [0.3, 0.4) is 0 Å². The summed E-state index contributed by atoms with van der Waals surface area (Å²) in [6.45, 7) is 1.16. The minimum atomic E-state index is -4.43. The zero-order valence-corrected chi connectivity index (χ0v) is 11.0. The average molecular weight is 283 g/mol. The van der Waals surface area contributed by atoms with Crippen LogP contribution in [0.25, 0.3) is 0 Å². The minimum Gasteiger partial charge on any atom is -0.366 e. The Morgan fingerprint density at radius 2 is 2.10 bits per heavy atom. The zero-order chi connectivity index (χ0) is 14.8. The molecule has 1 aromatic rings. The largest absolute Gasteiger partial charge is 0.416 e. The Labute approximate surface area is 115 Å². The third-order valence-corrected chi connectivity index (χ3v) is 3.65. The number of nitrogens with zero attached hydrogens (tertiary/aromatic N) is 2. The van der Waals surface area contributed by atoms with Gasteiger partial charge in [-0.25, -0.2) is 0 Å². The minimum absolute atomic E-state index is 0.0557. The summed E-state index contributed by atoms with van der Waals surface area (Å²) in [7, 11) is 0. The molecule has 1 aliphatic heterocycles. The summed E-state index contributed by atoms with van der Waals surface area (Å²) in [6, 6.07) is 5.28. The number of alkyl halides is 3. The van der Waals surface area contributed by atoms with E-state index in [1.807, 2.05) is 11.0 Å². The molecular formula is C14H16F3N3. The standard InChI is InChI=1S/C14H16F3N3/c15-14(16,17)11-4-5-13(10(7-11)8-18)20-6-2-1-3-12(20)9-19/h4-5,7,12H,1-3,6,9,19H2. The zero-order valence-electron chi connectivity index (χ0n) is 11.0. The quantitative estimate of drug-likeness (QED) is 0.908. The van der Waals surface area contributed by atoms with Gasteiger partial charge in [-0.05, 0) is 37.5 Å². The lowest BCUT2D eigenvalue weighted by Gasteiger charge is -2.37. The number of nitrogens with two attached hydrogens (primary N) is 1. The highest BCUT2D eigenvalue weighted by atomic mass is 19.4. The molecule has 108 valence electrons. The summed E-state index contributed by atoms with van der Waals surface area (Å²) in [4.78, 5) is 1.96. The first-order valence-electron chi connectivity index (χ1n) is 6.55. The number of hydrogen-bond acceptors (Lipinski definition) is 3. The van der Waals surface area contributed by atoms with E-state index in [9.17, 15) is 13.2 Å². The molecule has 1 aromatic carbocycles. The van der Waals surface area contributed by atoms with Gasteiger partial charge in [-0.1, -0.05) is 0 Å². The van der Waals surface area contributed by atoms with Crippen molar-refractivity contribution >= 4 is 5.69 Å². The van der Waals surface area contributed by atoms with Crippen LogP contribution in [-0.4, -0.2) is 19.1 Å². The summed E-state index contributed by atoms with van der Waals surface area (Å²) in [5, 5.41) is 9.12. The third-order valence-electron chi connectivity index (χ3n) is 3.65. The van der Waals surface area contributed by atoms with Crippen molar-refractivity contribution in [2.45, 2.75) is 31.5 Å². The van der Waals surface area contributed by atoms with Crippen LogP contribution in [0.2, 0.25) is 0 Å². The maximum atomic E-state index is 12.7. The van der Waals surface area contributed by atoms with Gasteiger partial charge in [0, 0.05) is 19.1 Å². The second-order valence-corrected chi connectivity index (χ2v) is 4.92. The molecule has 0 spiro atoms. The molecule has 6 heteroatoms. The van der Waals surface area contributed by atoms with Crippen molar-refractivity contribution in [3.63, 3.8) is 0 Å². The van der Waals surface area contributed by atoms with Crippen molar-refractivity contribution in [2.75, 3.05) is 18.0 Å². The van der Waals surface area contributed by atoms with Crippen molar-refractivity contribution in [2.24, 2.45) is 5.73 Å². The Bertz CT molecular complexity index is 519. The van der Waals surface area contributed by atoms with E-state index in [2.05, 4.69) is 0 Å². The van der Waals surface area contributed by atoms with Gasteiger partial charge in [0.25, 0.3) is 0 Å². The Kier molecular flexibility index (Phi) is 4.19. The van der Waals surface area contributed by atoms with Crippen LogP contribution in [-0.2, 0) is 6.18 Å². The molecule has 0 aliphatic carbocycles. The van der Waals surface area contributed by atoms with Gasteiger partial charge in [0.15, 0.2) is 0 Å². The van der Waals surface area contributed by atoms with Crippen molar-refractivity contribution in [3.8, 4) is 6.07 Å². The van der Waals surface area contributed by atoms with Crippen LogP contribution in [0.15, 0.2) is 18.2 Å². The molecule has 1 aliphatic rings. The molecule has 1 atom stereocenters. The number of benzene rings is 1. The van der Waals surface area contributed by atoms with Crippen LogP contribution < -0.4 is 10.6 Å². The van der Waals surface area contributed by atoms with Crippen LogP contribution in [0.4, 0.5) is 18.9 Å². The van der Waals surface area contributed by atoms with Crippen LogP contribution in [0.1, 0.15) is 30.4 Å². The Morgan fingerprint density at radius 3 is 2.70 bits per heavy atom. The fourth-order valence-electron chi connectivity index (χ4n) is 2.62. The van der Waals surface area contributed by atoms with Gasteiger partial charge in [-0.3, -0.25) is 0 Å². The van der Waals surface area contributed by atoms with Gasteiger partial charge < -0.3 is 10.6 Å². The highest BCUT2D eigenvalue weighted by Gasteiger charge is 2.32. The van der Waals surface area contributed by atoms with E-state index in [0.29, 0.717) is 12.2 Å². The number of nitriles is 1. The second kappa shape index (κ2) is 5.71. The molecule has 3 nitrogen and oxygen atoms in total. The summed E-state index contributed by atoms with van der Waals surface area (Å²) in [5.41, 5.74) is 5.53. The fourth-order valence-corrected chi connectivity index (χ4v) is 2.62. The lowest BCUT2D eigenvalue weighted by Crippen LogP contribution is -2.44. The van der Waals surface area contributed by atoms with Crippen molar-refractivity contribution in [1.29, 1.82) is 5.26 Å². The normalized spacial score (nSPS) is 19.8. The molecule has 2 N–H and O–H groups in total. The van der Waals surface area contributed by atoms with E-state index in [1.54, 1.807) is 0 Å². The molecule has 1 fully saturated rings. The van der Waals surface area contributed by atoms with E-state index in [-0.39, 0.29) is 11.6 Å². The molecule has 0 aromatic heterocycles. The van der Waals surface area contributed by atoms with E-state index in [0.717, 1.165) is 37.9 Å². The molecule has 0 radical (unpaired) electrons. The molecule has 0 amide bonds. The Hall–Kier alpha value is -1.74. The summed E-state index contributed by atoms with van der Waals surface area (Å²) in [5.74, 6) is 0. The maximum Gasteiger partial charge on any atom is 0.416 e. The molecule has 1 heterocycles. The summed E-state index contributed by atoms with van der Waals surface area (Å²) < 4.78 is 38.0. The van der Waals surface area contributed by atoms with E-state index >= 15 is 0 Å². The Morgan fingerprint density at radius 1 is 1.35 bits per heavy atom. The van der Waals surface area contributed by atoms with Crippen molar-refractivity contribution < 1.29 is 13.2 Å². The molecule has 2 rings (SSSR count). The predicted molar refractivity (Wildman–Crippen MR) is 70.2 cm³/mol. The SMILES string of the molecule is N#Cc1cc(C(F)(F)F)ccc1N1CCCCC1CN. The lowest BCUT2D eigenvalue weighted by molar-refractivity contribution is -0.137. The molecular weight excluding hydrogens is 267 g/mol. The van der Waals surface area contributed by atoms with Gasteiger partial charge in [-0.15, -0.1) is 0 Å². The van der Waals surface area contributed by atoms with Gasteiger partial charge in [-0.2, -0.15) is 18.4 Å². The highest BCUT2D eigenvalue weighted by molar-refractivity contribution is 5.61. The second-order valence-electron chi connectivity index (χ2n) is 4.92. The van der Waals surface area contributed by atoms with E-state index < -0.39 is 11.7 Å². The number of rotatable bonds is 2. The van der Waals surface area contributed by atoms with Crippen molar-refractivity contribution in [1.82, 2.24) is 0 Å². The number of hydrogen-bond donors (Lipinski definition) is 1. The van der Waals surface area contributed by atoms with Gasteiger partial charge in [0.2, 0.25) is 0 Å². The molecule has 0 bridgehead atoms. The van der Waals surface area contributed by atoms with Gasteiger partial charge >= 0.3 is 6.18 Å². The summed E-state index contributed by atoms with van der Waals surface area (Å²) >= 11 is 0. The van der Waals surface area contributed by atoms with Crippen LogP contribution in [0, 0.1) is 11.3 Å². The fraction of sp³-hybridized carbons (Fsp3) is 0.500. The van der Waals surface area contributed by atoms with E-state index in [1.165, 1.54) is 6.07 Å². The molecule has 0 saturated carbocycles. The smallest absolute Gasteiger partial charge is 0.366 e. The van der Waals surface area contributed by atoms with Gasteiger partial charge in [0.05, 0.1) is 16.8 Å². The van der Waals surface area contributed by atoms with Gasteiger partial charge in [0.1, 0.15) is 6.07 Å². The Balaban J connectivity index is 2.39. The molecule has 20 heavy (non-hydrogen) atoms. The number of halogens is 3. The monoisotopic (exact) mass is 283 g/mol. The number of piperidine rings is 1. The maximum absolute atomic E-state index is 12.7. The number of anilines is 1.